The van der Waals surface area contributed by atoms with Gasteiger partial charge in [-0.05, 0) is 267 Å². The van der Waals surface area contributed by atoms with Gasteiger partial charge in [-0.15, -0.1) is 0 Å². The summed E-state index contributed by atoms with van der Waals surface area (Å²) in [5, 5.41) is 19.8. The van der Waals surface area contributed by atoms with Gasteiger partial charge < -0.3 is 23.2 Å². The number of rotatable bonds is 16. The molecule has 22 rings (SSSR count). The Morgan fingerprint density at radius 3 is 0.958 bits per heavy atom. The number of aromatic nitrogens is 4. The van der Waals surface area contributed by atoms with Crippen LogP contribution in [0.1, 0.15) is 30.5 Å². The highest BCUT2D eigenvalue weighted by Crippen LogP contribution is 2.44. The highest BCUT2D eigenvalue weighted by molar-refractivity contribution is 7.79. The number of aryl methyl sites for hydroxylation is 2. The van der Waals surface area contributed by atoms with Crippen LogP contribution in [-0.2, 0) is 12.8 Å². The smallest absolute Gasteiger partial charge is 0.121 e. The quantitative estimate of drug-likeness (QED) is 0.0735. The molecule has 4 heterocycles. The van der Waals surface area contributed by atoms with Crippen LogP contribution >= 0.6 is 12.8 Å². The van der Waals surface area contributed by atoms with Gasteiger partial charge in [0, 0.05) is 82.8 Å². The topological polar surface area (TPSA) is 59.2 Å². The van der Waals surface area contributed by atoms with Crippen molar-refractivity contribution in [3.8, 4) is 89.5 Å². The van der Waals surface area contributed by atoms with E-state index in [-0.39, 0.29) is 5.71 Å². The maximum atomic E-state index is 10.0. The summed E-state index contributed by atoms with van der Waals surface area (Å²) in [6, 6.07) is 144. The van der Waals surface area contributed by atoms with Crippen LogP contribution in [0.25, 0.3) is 182 Å². The molecule has 0 saturated carbocycles. The molecule has 0 radical (unpaired) electrons. The van der Waals surface area contributed by atoms with Crippen LogP contribution in [0.15, 0.2) is 417 Å². The summed E-state index contributed by atoms with van der Waals surface area (Å²) in [5.41, 5.74) is 35.2. The third kappa shape index (κ3) is 12.2. The molecule has 0 unspecified atom stereocenters. The van der Waals surface area contributed by atoms with Gasteiger partial charge in [-0.2, -0.15) is 0 Å². The number of thiol groups is 1. The third-order valence-corrected chi connectivity index (χ3v) is 24.9. The Morgan fingerprint density at radius 2 is 0.542 bits per heavy atom. The SMILES string of the molecule is CCc1ccc2c(c1)c1cc(CC)ccc1n2-c1ccc(N(C2=CC=C(c3ccc(-n4c5ccc(-c6ccc(-c7ccc8c9ccccc9n(-c9ccc(-c%10ccccc%10)cc9)c8c7)cc6)cc5c5cc(-c6ccc(-c7ccc8c9ccccc9n(-c9ccc(-c%10ccccc%10)cc9)c8c7)cc6)ccc54)cc3)C(=N)/C2=N\S)c2ccccc2)cc1. The van der Waals surface area contributed by atoms with Gasteiger partial charge in [0.1, 0.15) is 5.71 Å². The van der Waals surface area contributed by atoms with Gasteiger partial charge in [0.2, 0.25) is 0 Å². The van der Waals surface area contributed by atoms with Crippen molar-refractivity contribution < 1.29 is 0 Å². The molecule has 4 aromatic heterocycles. The molecule has 0 aliphatic heterocycles. The average Bonchev–Trinajstić information content (AvgIpc) is 1.59. The molecule has 8 heteroatoms. The molecule has 568 valence electrons. The monoisotopic (exact) mass is 1550 g/mol. The van der Waals surface area contributed by atoms with Crippen LogP contribution < -0.4 is 4.90 Å². The second kappa shape index (κ2) is 29.6. The standard InChI is InChI=1S/C112H79N7S/c1-3-72-28-61-104-98(66-72)99-67-73(4-2)29-62-105(99)117(104)92-56-54-88(55-57-92)115(87-22-12-7-13-23-87)108-65-60-93(111(113)112(108)114-120)82-42-52-89(53-43-82)116-106-63-46-83(78-30-34-80(35-31-78)85-44-58-96-94-24-14-16-26-102(94)118(109(96)70-85)90-48-38-76(39-49-90)74-18-8-5-9-19-74)68-100(106)101-69-84(47-64-107(101)116)79-32-36-81(37-33-79)86-45-59-97-95-25-15-17-27-103(95)119(110(97)71-86)91-50-40-77(41-51-91)75-20-10-6-11-21-75/h5-71,113,120H,3-4H2,1-2H3/b113-111?,114-112-. The first-order chi connectivity index (χ1) is 59.3. The predicted molar refractivity (Wildman–Crippen MR) is 510 cm³/mol. The van der Waals surface area contributed by atoms with Crippen molar-refractivity contribution in [1.82, 2.24) is 18.3 Å². The van der Waals surface area contributed by atoms with Gasteiger partial charge in [0.15, 0.2) is 0 Å². The number of para-hydroxylation sites is 3. The van der Waals surface area contributed by atoms with E-state index in [1.165, 1.54) is 98.8 Å². The molecule has 1 N–H and O–H groups in total. The third-order valence-electron chi connectivity index (χ3n) is 24.7. The first-order valence-corrected chi connectivity index (χ1v) is 41.7. The molecule has 1 aliphatic carbocycles. The van der Waals surface area contributed by atoms with Gasteiger partial charge in [0.05, 0.1) is 55.5 Å². The molecule has 0 fully saturated rings. The van der Waals surface area contributed by atoms with E-state index in [0.29, 0.717) is 5.71 Å². The zero-order chi connectivity index (χ0) is 80.1. The lowest BCUT2D eigenvalue weighted by molar-refractivity contribution is 1.13. The van der Waals surface area contributed by atoms with Crippen LogP contribution in [0.4, 0.5) is 11.4 Å². The molecule has 0 saturated heterocycles. The van der Waals surface area contributed by atoms with Crippen molar-refractivity contribution in [3.05, 3.63) is 429 Å². The molecule has 21 aromatic rings. The number of nitrogens with zero attached hydrogens (tertiary/aromatic N) is 6. The molecule has 17 aromatic carbocycles. The lowest BCUT2D eigenvalue weighted by Crippen LogP contribution is -2.30. The van der Waals surface area contributed by atoms with Gasteiger partial charge in [-0.3, -0.25) is 5.41 Å². The largest absolute Gasteiger partial charge is 0.309 e. The predicted octanol–water partition coefficient (Wildman–Crippen LogP) is 29.6. The molecule has 120 heavy (non-hydrogen) atoms. The zero-order valence-corrected chi connectivity index (χ0v) is 67.1. The number of anilines is 2. The fourth-order valence-electron chi connectivity index (χ4n) is 18.6. The number of nitrogens with one attached hydrogen (secondary N) is 1. The van der Waals surface area contributed by atoms with Crippen molar-refractivity contribution in [1.29, 1.82) is 5.41 Å². The zero-order valence-electron chi connectivity index (χ0n) is 66.2. The van der Waals surface area contributed by atoms with E-state index in [1.807, 2.05) is 6.07 Å². The van der Waals surface area contributed by atoms with Crippen LogP contribution in [0.3, 0.4) is 0 Å². The Labute approximate surface area is 701 Å². The van der Waals surface area contributed by atoms with Crippen LogP contribution in [0, 0.1) is 5.41 Å². The van der Waals surface area contributed by atoms with Crippen LogP contribution in [-0.4, -0.2) is 29.7 Å². The first kappa shape index (κ1) is 71.5. The summed E-state index contributed by atoms with van der Waals surface area (Å²) in [5.74, 6) is 0. The molecule has 0 spiro atoms. The minimum absolute atomic E-state index is 0.283. The Kier molecular flexibility index (Phi) is 17.6. The molecule has 0 bridgehead atoms. The molecule has 1 aliphatic rings. The minimum atomic E-state index is 0.283. The van der Waals surface area contributed by atoms with E-state index in [9.17, 15) is 5.41 Å². The fourth-order valence-corrected chi connectivity index (χ4v) is 18.8. The van der Waals surface area contributed by atoms with Gasteiger partial charge in [-0.1, -0.05) is 263 Å². The Balaban J connectivity index is 0.612. The first-order valence-electron chi connectivity index (χ1n) is 41.3. The molecular formula is C112H79N7S. The highest BCUT2D eigenvalue weighted by atomic mass is 32.1. The number of benzene rings is 17. The van der Waals surface area contributed by atoms with E-state index in [4.69, 9.17) is 0 Å². The summed E-state index contributed by atoms with van der Waals surface area (Å²) in [7, 11) is 0. The van der Waals surface area contributed by atoms with Crippen molar-refractivity contribution >= 4 is 128 Å². The molecular weight excluding hydrogens is 1480 g/mol. The van der Waals surface area contributed by atoms with Crippen molar-refractivity contribution in [2.75, 3.05) is 4.90 Å². The highest BCUT2D eigenvalue weighted by Gasteiger charge is 2.29. The normalized spacial score (nSPS) is 12.8. The number of hydrogen-bond donors (Lipinski definition) is 2. The molecule has 0 atom stereocenters. The Hall–Kier alpha value is -15.1. The van der Waals surface area contributed by atoms with Crippen molar-refractivity contribution in [2.24, 2.45) is 4.40 Å². The van der Waals surface area contributed by atoms with E-state index in [2.05, 4.69) is 455 Å². The molecule has 7 nitrogen and oxygen atoms in total. The second-order valence-corrected chi connectivity index (χ2v) is 31.6. The van der Waals surface area contributed by atoms with Crippen molar-refractivity contribution in [2.45, 2.75) is 26.7 Å². The van der Waals surface area contributed by atoms with Crippen LogP contribution in [0.5, 0.6) is 0 Å². The summed E-state index contributed by atoms with van der Waals surface area (Å²) in [4.78, 5) is 2.18. The van der Waals surface area contributed by atoms with E-state index in [0.717, 1.165) is 130 Å². The Morgan fingerprint density at radius 1 is 0.250 bits per heavy atom. The fraction of sp³-hybridized carbons (Fsp3) is 0.0357. The van der Waals surface area contributed by atoms with E-state index >= 15 is 0 Å². The number of allylic oxidation sites excluding steroid dienone is 4. The minimum Gasteiger partial charge on any atom is -0.309 e. The lowest BCUT2D eigenvalue weighted by atomic mass is 9.91. The average molecular weight is 1550 g/mol. The van der Waals surface area contributed by atoms with E-state index in [1.54, 1.807) is 0 Å². The maximum Gasteiger partial charge on any atom is 0.121 e. The lowest BCUT2D eigenvalue weighted by Gasteiger charge is -2.31. The van der Waals surface area contributed by atoms with Gasteiger partial charge >= 0.3 is 0 Å². The van der Waals surface area contributed by atoms with E-state index < -0.39 is 0 Å². The maximum absolute atomic E-state index is 10.0. The second-order valence-electron chi connectivity index (χ2n) is 31.4. The number of fused-ring (bicyclic) bond motifs is 12. The molecule has 0 amide bonds. The summed E-state index contributed by atoms with van der Waals surface area (Å²) in [6.07, 6.45) is 6.10. The van der Waals surface area contributed by atoms with Gasteiger partial charge in [-0.25, -0.2) is 4.40 Å². The van der Waals surface area contributed by atoms with Crippen molar-refractivity contribution in [3.63, 3.8) is 0 Å². The van der Waals surface area contributed by atoms with Crippen LogP contribution in [0.2, 0.25) is 0 Å². The van der Waals surface area contributed by atoms with Gasteiger partial charge in [0.25, 0.3) is 0 Å². The summed E-state index contributed by atoms with van der Waals surface area (Å²) >= 11 is 4.66. The number of hydrogen-bond acceptors (Lipinski definition) is 4. The summed E-state index contributed by atoms with van der Waals surface area (Å²) < 4.78 is 14.2. The summed E-state index contributed by atoms with van der Waals surface area (Å²) in [6.45, 7) is 4.44. The Bertz CT molecular complexity index is 7370.